The van der Waals surface area contributed by atoms with Crippen LogP contribution in [0.4, 0.5) is 31.1 Å². The molecule has 11 heteroatoms. The summed E-state index contributed by atoms with van der Waals surface area (Å²) < 4.78 is 90.4. The molecule has 2 aromatic carbocycles. The Morgan fingerprint density at radius 2 is 1.69 bits per heavy atom. The molecule has 0 spiro atoms. The number of quaternary nitrogens is 1. The van der Waals surface area contributed by atoms with Crippen molar-refractivity contribution < 1.29 is 46.3 Å². The van der Waals surface area contributed by atoms with Gasteiger partial charge < -0.3 is 14.8 Å². The van der Waals surface area contributed by atoms with Crippen LogP contribution in [0.15, 0.2) is 48.5 Å². The van der Waals surface area contributed by atoms with Gasteiger partial charge in [-0.25, -0.2) is 0 Å². The molecule has 2 aromatic rings. The van der Waals surface area contributed by atoms with Crippen molar-refractivity contribution >= 4 is 6.09 Å². The van der Waals surface area contributed by atoms with Gasteiger partial charge >= 0.3 is 18.4 Å². The van der Waals surface area contributed by atoms with Gasteiger partial charge in [-0.3, -0.25) is 5.73 Å². The number of carbonyl (C=O) groups is 1. The fourth-order valence-corrected chi connectivity index (χ4v) is 4.12. The van der Waals surface area contributed by atoms with Crippen LogP contribution in [0, 0.1) is 5.92 Å². The van der Waals surface area contributed by atoms with Crippen molar-refractivity contribution in [2.45, 2.75) is 43.8 Å². The topological polar surface area (TPSA) is 75.2 Å². The zero-order valence-corrected chi connectivity index (χ0v) is 19.0. The lowest BCUT2D eigenvalue weighted by molar-refractivity contribution is -0.283. The second kappa shape index (κ2) is 10.5. The maximum atomic E-state index is 13.3. The van der Waals surface area contributed by atoms with E-state index < -0.39 is 41.2 Å². The molecule has 1 saturated heterocycles. The van der Waals surface area contributed by atoms with Gasteiger partial charge in [0.2, 0.25) is 0 Å². The highest BCUT2D eigenvalue weighted by molar-refractivity contribution is 5.53. The van der Waals surface area contributed by atoms with E-state index in [-0.39, 0.29) is 30.8 Å². The van der Waals surface area contributed by atoms with Gasteiger partial charge in [0.25, 0.3) is 0 Å². The summed E-state index contributed by atoms with van der Waals surface area (Å²) in [6.45, 7) is 2.11. The van der Waals surface area contributed by atoms with E-state index in [9.17, 15) is 31.1 Å². The van der Waals surface area contributed by atoms with Crippen LogP contribution >= 0.6 is 0 Å². The van der Waals surface area contributed by atoms with Crippen molar-refractivity contribution in [2.24, 2.45) is 5.92 Å². The van der Waals surface area contributed by atoms with Crippen LogP contribution in [0.2, 0.25) is 0 Å². The third-order valence-corrected chi connectivity index (χ3v) is 6.17. The van der Waals surface area contributed by atoms with Gasteiger partial charge in [-0.15, -0.1) is 0 Å². The number of carbonyl (C=O) groups excluding carboxylic acids is 1. The van der Waals surface area contributed by atoms with E-state index in [0.717, 1.165) is 5.56 Å². The minimum Gasteiger partial charge on any atom is -0.420 e. The van der Waals surface area contributed by atoms with Crippen molar-refractivity contribution in [1.82, 2.24) is 5.32 Å². The molecular weight excluding hydrogens is 478 g/mol. The van der Waals surface area contributed by atoms with E-state index in [1.165, 1.54) is 6.92 Å². The highest BCUT2D eigenvalue weighted by Crippen LogP contribution is 2.39. The SMILES string of the molecule is C[C@@H](OC[C@@]1(c2ccccc2)CC[C@H](COC([NH3+])=O)CN1)c1cc(C(F)(F)F)cc(C(F)(F)F)c1. The normalized spacial score (nSPS) is 22.0. The van der Waals surface area contributed by atoms with Crippen LogP contribution in [0.5, 0.6) is 0 Å². The average molecular weight is 505 g/mol. The zero-order valence-electron chi connectivity index (χ0n) is 19.0. The molecule has 1 aliphatic heterocycles. The minimum absolute atomic E-state index is 0.0115. The standard InChI is InChI=1S/C24H26F6N2O3/c1-15(17-9-19(23(25,26)27)11-20(10-17)24(28,29)30)35-14-22(18-5-3-2-4-6-18)8-7-16(12-32-22)13-34-21(31)33/h2-6,9-11,15-16,32H,7-8,12-14H2,1H3,(H2,31,33)/p+1/t15-,16+,22-/m1/s1. The summed E-state index contributed by atoms with van der Waals surface area (Å²) in [5.74, 6) is 0.0350. The summed E-state index contributed by atoms with van der Waals surface area (Å²) in [6.07, 6.45) is -10.3. The number of alkyl halides is 6. The molecule has 1 fully saturated rings. The first-order valence-corrected chi connectivity index (χ1v) is 11.0. The number of hydrogen-bond acceptors (Lipinski definition) is 4. The first-order chi connectivity index (χ1) is 16.3. The molecule has 0 aromatic heterocycles. The molecule has 5 nitrogen and oxygen atoms in total. The summed E-state index contributed by atoms with van der Waals surface area (Å²) in [7, 11) is 0. The van der Waals surface area contributed by atoms with E-state index >= 15 is 0 Å². The smallest absolute Gasteiger partial charge is 0.420 e. The number of nitrogens with one attached hydrogen (secondary N) is 1. The Balaban J connectivity index is 1.81. The molecule has 1 amide bonds. The first kappa shape index (κ1) is 27.0. The van der Waals surface area contributed by atoms with Crippen LogP contribution in [-0.2, 0) is 27.4 Å². The van der Waals surface area contributed by atoms with Crippen LogP contribution in [-0.4, -0.2) is 25.9 Å². The molecular formula is C24H27F6N2O3+. The van der Waals surface area contributed by atoms with Crippen molar-refractivity contribution in [3.63, 3.8) is 0 Å². The van der Waals surface area contributed by atoms with Gasteiger partial charge in [-0.05, 0) is 49.1 Å². The lowest BCUT2D eigenvalue weighted by Crippen LogP contribution is -2.58. The molecule has 0 radical (unpaired) electrons. The molecule has 0 saturated carbocycles. The lowest BCUT2D eigenvalue weighted by Gasteiger charge is -2.42. The molecule has 35 heavy (non-hydrogen) atoms. The van der Waals surface area contributed by atoms with Gasteiger partial charge in [-0.1, -0.05) is 30.3 Å². The number of benzene rings is 2. The number of ether oxygens (including phenoxy) is 2. The lowest BCUT2D eigenvalue weighted by atomic mass is 9.80. The van der Waals surface area contributed by atoms with Crippen LogP contribution in [0.3, 0.4) is 0 Å². The molecule has 0 unspecified atom stereocenters. The van der Waals surface area contributed by atoms with Gasteiger partial charge in [0.1, 0.15) is 6.61 Å². The number of rotatable bonds is 7. The molecule has 0 aliphatic carbocycles. The number of halogens is 6. The Morgan fingerprint density at radius 1 is 1.09 bits per heavy atom. The van der Waals surface area contributed by atoms with Crippen LogP contribution in [0.1, 0.15) is 48.1 Å². The fourth-order valence-electron chi connectivity index (χ4n) is 4.12. The maximum absolute atomic E-state index is 13.3. The van der Waals surface area contributed by atoms with E-state index in [0.29, 0.717) is 31.5 Å². The Morgan fingerprint density at radius 3 is 2.17 bits per heavy atom. The molecule has 0 bridgehead atoms. The Kier molecular flexibility index (Phi) is 8.13. The molecule has 3 atom stereocenters. The number of amides is 1. The largest absolute Gasteiger partial charge is 0.511 e. The summed E-state index contributed by atoms with van der Waals surface area (Å²) in [5, 5.41) is 3.40. The highest BCUT2D eigenvalue weighted by atomic mass is 19.4. The molecule has 3 rings (SSSR count). The highest BCUT2D eigenvalue weighted by Gasteiger charge is 2.39. The van der Waals surface area contributed by atoms with E-state index in [2.05, 4.69) is 11.1 Å². The number of piperidine rings is 1. The van der Waals surface area contributed by atoms with E-state index in [1.54, 1.807) is 0 Å². The third kappa shape index (κ3) is 6.96. The summed E-state index contributed by atoms with van der Waals surface area (Å²) in [4.78, 5) is 11.0. The van der Waals surface area contributed by atoms with E-state index in [1.807, 2.05) is 30.3 Å². The predicted molar refractivity (Wildman–Crippen MR) is 114 cm³/mol. The Bertz CT molecular complexity index is 970. The summed E-state index contributed by atoms with van der Waals surface area (Å²) in [5.41, 5.74) is 0.361. The Labute approximate surface area is 198 Å². The fraction of sp³-hybridized carbons (Fsp3) is 0.458. The molecule has 1 aliphatic rings. The molecule has 4 N–H and O–H groups in total. The quantitative estimate of drug-likeness (QED) is 0.515. The Hall–Kier alpha value is -2.63. The monoisotopic (exact) mass is 505 g/mol. The van der Waals surface area contributed by atoms with Crippen molar-refractivity contribution in [3.8, 4) is 0 Å². The maximum Gasteiger partial charge on any atom is 0.511 e. The van der Waals surface area contributed by atoms with E-state index in [4.69, 9.17) is 9.47 Å². The minimum atomic E-state index is -4.93. The second-order valence-corrected chi connectivity index (χ2v) is 8.71. The average Bonchev–Trinajstić information content (AvgIpc) is 2.81. The summed E-state index contributed by atoms with van der Waals surface area (Å²) in [6, 6.07) is 10.7. The van der Waals surface area contributed by atoms with Gasteiger partial charge in [0, 0.05) is 12.5 Å². The van der Waals surface area contributed by atoms with Crippen molar-refractivity contribution in [1.29, 1.82) is 0 Å². The second-order valence-electron chi connectivity index (χ2n) is 8.71. The summed E-state index contributed by atoms with van der Waals surface area (Å²) >= 11 is 0. The van der Waals surface area contributed by atoms with Gasteiger partial charge in [-0.2, -0.15) is 31.1 Å². The number of hydrogen-bond donors (Lipinski definition) is 2. The van der Waals surface area contributed by atoms with Gasteiger partial charge in [0.05, 0.1) is 29.4 Å². The zero-order chi connectivity index (χ0) is 25.9. The third-order valence-electron chi connectivity index (χ3n) is 6.17. The predicted octanol–water partition coefficient (Wildman–Crippen LogP) is 5.08. The van der Waals surface area contributed by atoms with Crippen LogP contribution < -0.4 is 11.1 Å². The van der Waals surface area contributed by atoms with Crippen molar-refractivity contribution in [2.75, 3.05) is 19.8 Å². The van der Waals surface area contributed by atoms with Gasteiger partial charge in [0.15, 0.2) is 0 Å². The molecule has 1 heterocycles. The molecule has 192 valence electrons. The first-order valence-electron chi connectivity index (χ1n) is 11.0. The van der Waals surface area contributed by atoms with Crippen LogP contribution in [0.25, 0.3) is 0 Å². The van der Waals surface area contributed by atoms with Crippen molar-refractivity contribution in [3.05, 3.63) is 70.8 Å².